The molecule has 1 aliphatic carbocycles. The van der Waals surface area contributed by atoms with Crippen molar-refractivity contribution in [1.29, 1.82) is 0 Å². The third-order valence-electron chi connectivity index (χ3n) is 2.67. The molecule has 1 unspecified atom stereocenters. The van der Waals surface area contributed by atoms with Crippen molar-refractivity contribution in [3.05, 3.63) is 36.4 Å². The standard InChI is InChI=1S/C7H12O.C6H6/c1-5(8)6-4-7(6,2)3;1-2-4-6-5-3-1/h6H,4H2,1-3H3;1-6H. The van der Waals surface area contributed by atoms with Gasteiger partial charge in [0.15, 0.2) is 0 Å². The van der Waals surface area contributed by atoms with E-state index in [1.165, 1.54) is 0 Å². The fourth-order valence-corrected chi connectivity index (χ4v) is 1.55. The zero-order valence-electron chi connectivity index (χ0n) is 9.16. The van der Waals surface area contributed by atoms with Crippen LogP contribution in [-0.4, -0.2) is 5.78 Å². The van der Waals surface area contributed by atoms with Crippen LogP contribution in [0.5, 0.6) is 0 Å². The van der Waals surface area contributed by atoms with E-state index in [0.29, 0.717) is 17.1 Å². The first kappa shape index (κ1) is 11.0. The molecule has 0 saturated heterocycles. The summed E-state index contributed by atoms with van der Waals surface area (Å²) in [4.78, 5) is 10.6. The number of Topliss-reactive ketones (excluding diaryl/α,β-unsaturated/α-hetero) is 1. The average molecular weight is 190 g/mol. The highest BCUT2D eigenvalue weighted by Crippen LogP contribution is 2.51. The van der Waals surface area contributed by atoms with E-state index in [4.69, 9.17) is 0 Å². The summed E-state index contributed by atoms with van der Waals surface area (Å²) in [6.45, 7) is 5.96. The smallest absolute Gasteiger partial charge is 0.133 e. The molecule has 2 rings (SSSR count). The predicted molar refractivity (Wildman–Crippen MR) is 59.0 cm³/mol. The van der Waals surface area contributed by atoms with Crippen LogP contribution >= 0.6 is 0 Å². The maximum absolute atomic E-state index is 10.6. The van der Waals surface area contributed by atoms with E-state index in [2.05, 4.69) is 13.8 Å². The lowest BCUT2D eigenvalue weighted by Crippen LogP contribution is -1.99. The minimum Gasteiger partial charge on any atom is -0.300 e. The maximum atomic E-state index is 10.6. The molecule has 1 aliphatic rings. The molecule has 0 heterocycles. The summed E-state index contributed by atoms with van der Waals surface area (Å²) < 4.78 is 0. The van der Waals surface area contributed by atoms with Crippen LogP contribution in [0.1, 0.15) is 27.2 Å². The molecule has 0 bridgehead atoms. The number of hydrogen-bond donors (Lipinski definition) is 0. The van der Waals surface area contributed by atoms with Gasteiger partial charge in [0.1, 0.15) is 5.78 Å². The molecular formula is C13H18O. The summed E-state index contributed by atoms with van der Waals surface area (Å²) >= 11 is 0. The van der Waals surface area contributed by atoms with Crippen LogP contribution in [0, 0.1) is 11.3 Å². The van der Waals surface area contributed by atoms with Gasteiger partial charge in [-0.1, -0.05) is 50.2 Å². The third-order valence-corrected chi connectivity index (χ3v) is 2.67. The second-order valence-electron chi connectivity index (χ2n) is 4.51. The first-order valence-electron chi connectivity index (χ1n) is 5.04. The Morgan fingerprint density at radius 2 is 1.36 bits per heavy atom. The van der Waals surface area contributed by atoms with Crippen LogP contribution < -0.4 is 0 Å². The Morgan fingerprint density at radius 3 is 1.43 bits per heavy atom. The second kappa shape index (κ2) is 4.41. The van der Waals surface area contributed by atoms with Gasteiger partial charge in [-0.2, -0.15) is 0 Å². The lowest BCUT2D eigenvalue weighted by atomic mass is 10.1. The lowest BCUT2D eigenvalue weighted by Gasteiger charge is -1.95. The number of ketones is 1. The van der Waals surface area contributed by atoms with E-state index in [0.717, 1.165) is 6.42 Å². The van der Waals surface area contributed by atoms with E-state index in [-0.39, 0.29) is 0 Å². The number of hydrogen-bond acceptors (Lipinski definition) is 1. The van der Waals surface area contributed by atoms with Crippen LogP contribution in [0.15, 0.2) is 36.4 Å². The molecule has 1 atom stereocenters. The Bertz CT molecular complexity index is 261. The summed E-state index contributed by atoms with van der Waals surface area (Å²) in [7, 11) is 0. The minimum absolute atomic E-state index is 0.339. The van der Waals surface area contributed by atoms with Gasteiger partial charge < -0.3 is 0 Å². The highest BCUT2D eigenvalue weighted by molar-refractivity contribution is 5.81. The minimum atomic E-state index is 0.339. The van der Waals surface area contributed by atoms with E-state index in [1.54, 1.807) is 6.92 Å². The summed E-state index contributed by atoms with van der Waals surface area (Å²) in [5, 5.41) is 0. The Hall–Kier alpha value is -1.11. The highest BCUT2D eigenvalue weighted by Gasteiger charge is 2.48. The third kappa shape index (κ3) is 3.33. The molecule has 14 heavy (non-hydrogen) atoms. The van der Waals surface area contributed by atoms with Crippen molar-refractivity contribution in [2.45, 2.75) is 27.2 Å². The first-order valence-corrected chi connectivity index (χ1v) is 5.04. The predicted octanol–water partition coefficient (Wildman–Crippen LogP) is 3.31. The first-order chi connectivity index (χ1) is 6.54. The van der Waals surface area contributed by atoms with Gasteiger partial charge in [0, 0.05) is 5.92 Å². The van der Waals surface area contributed by atoms with Crippen LogP contribution in [0.2, 0.25) is 0 Å². The van der Waals surface area contributed by atoms with Gasteiger partial charge >= 0.3 is 0 Å². The van der Waals surface area contributed by atoms with Crippen molar-refractivity contribution in [1.82, 2.24) is 0 Å². The SMILES string of the molecule is CC(=O)C1CC1(C)C.c1ccccc1. The van der Waals surface area contributed by atoms with Crippen molar-refractivity contribution in [3.63, 3.8) is 0 Å². The van der Waals surface area contributed by atoms with Gasteiger partial charge in [-0.05, 0) is 18.8 Å². The zero-order chi connectivity index (χ0) is 10.6. The molecule has 1 nitrogen and oxygen atoms in total. The summed E-state index contributed by atoms with van der Waals surface area (Å²) in [6.07, 6.45) is 1.10. The quantitative estimate of drug-likeness (QED) is 0.664. The number of benzene rings is 1. The van der Waals surface area contributed by atoms with Crippen LogP contribution in [-0.2, 0) is 4.79 Å². The van der Waals surface area contributed by atoms with Gasteiger partial charge in [0.25, 0.3) is 0 Å². The fraction of sp³-hybridized carbons (Fsp3) is 0.462. The number of rotatable bonds is 1. The molecule has 0 aliphatic heterocycles. The van der Waals surface area contributed by atoms with E-state index >= 15 is 0 Å². The van der Waals surface area contributed by atoms with Crippen molar-refractivity contribution in [3.8, 4) is 0 Å². The van der Waals surface area contributed by atoms with Gasteiger partial charge in [-0.15, -0.1) is 0 Å². The maximum Gasteiger partial charge on any atom is 0.133 e. The molecule has 0 N–H and O–H groups in total. The topological polar surface area (TPSA) is 17.1 Å². The number of carbonyl (C=O) groups excluding carboxylic acids is 1. The van der Waals surface area contributed by atoms with Crippen LogP contribution in [0.3, 0.4) is 0 Å². The second-order valence-corrected chi connectivity index (χ2v) is 4.51. The molecule has 1 aromatic carbocycles. The largest absolute Gasteiger partial charge is 0.300 e. The van der Waals surface area contributed by atoms with E-state index in [9.17, 15) is 4.79 Å². The van der Waals surface area contributed by atoms with Gasteiger partial charge in [0.2, 0.25) is 0 Å². The van der Waals surface area contributed by atoms with Crippen LogP contribution in [0.4, 0.5) is 0 Å². The lowest BCUT2D eigenvalue weighted by molar-refractivity contribution is -0.118. The zero-order valence-corrected chi connectivity index (χ0v) is 9.16. The molecule has 1 heteroatoms. The van der Waals surface area contributed by atoms with Crippen molar-refractivity contribution in [2.75, 3.05) is 0 Å². The number of carbonyl (C=O) groups is 1. The van der Waals surface area contributed by atoms with Gasteiger partial charge in [-0.3, -0.25) is 4.79 Å². The van der Waals surface area contributed by atoms with Gasteiger partial charge in [-0.25, -0.2) is 0 Å². The molecular weight excluding hydrogens is 172 g/mol. The summed E-state index contributed by atoms with van der Waals surface area (Å²) in [5.74, 6) is 0.734. The molecule has 76 valence electrons. The highest BCUT2D eigenvalue weighted by atomic mass is 16.1. The van der Waals surface area contributed by atoms with Gasteiger partial charge in [0.05, 0.1) is 0 Å². The van der Waals surface area contributed by atoms with Crippen molar-refractivity contribution < 1.29 is 4.79 Å². The molecule has 1 aromatic rings. The Kier molecular flexibility index (Phi) is 3.45. The monoisotopic (exact) mass is 190 g/mol. The van der Waals surface area contributed by atoms with E-state index in [1.807, 2.05) is 36.4 Å². The molecule has 0 radical (unpaired) electrons. The molecule has 0 spiro atoms. The van der Waals surface area contributed by atoms with Crippen molar-refractivity contribution >= 4 is 5.78 Å². The van der Waals surface area contributed by atoms with Crippen LogP contribution in [0.25, 0.3) is 0 Å². The molecule has 1 saturated carbocycles. The Balaban J connectivity index is 0.000000146. The van der Waals surface area contributed by atoms with Crippen molar-refractivity contribution in [2.24, 2.45) is 11.3 Å². The summed E-state index contributed by atoms with van der Waals surface area (Å²) in [6, 6.07) is 12.0. The average Bonchev–Trinajstić information content (AvgIpc) is 2.80. The Labute approximate surface area is 86.1 Å². The Morgan fingerprint density at radius 1 is 1.07 bits per heavy atom. The summed E-state index contributed by atoms with van der Waals surface area (Å²) in [5.41, 5.74) is 0.339. The molecule has 0 amide bonds. The van der Waals surface area contributed by atoms with E-state index < -0.39 is 0 Å². The normalized spacial score (nSPS) is 21.8. The molecule has 1 fully saturated rings. The molecule has 0 aromatic heterocycles. The fourth-order valence-electron chi connectivity index (χ4n) is 1.55.